The maximum atomic E-state index is 9.83. The van der Waals surface area contributed by atoms with Crippen LogP contribution in [0.15, 0.2) is 38.8 Å². The Bertz CT molecular complexity index is 829. The number of allylic oxidation sites excluding steroid dienone is 4. The predicted octanol–water partition coefficient (Wildman–Crippen LogP) is 4.10. The van der Waals surface area contributed by atoms with E-state index in [0.717, 1.165) is 33.5 Å². The van der Waals surface area contributed by atoms with Gasteiger partial charge in [-0.25, -0.2) is 0 Å². The SMILES string of the molecule is N#CC1=C(N)C(C#N)(C#N)[C@H](c2ccc(Br)s2)[C@H]2CCCC=C12. The van der Waals surface area contributed by atoms with Crippen LogP contribution in [-0.2, 0) is 0 Å². The van der Waals surface area contributed by atoms with Gasteiger partial charge in [0.15, 0.2) is 5.41 Å². The quantitative estimate of drug-likeness (QED) is 0.787. The second-order valence-electron chi connectivity index (χ2n) is 5.75. The molecule has 4 nitrogen and oxygen atoms in total. The molecule has 0 saturated carbocycles. The van der Waals surface area contributed by atoms with E-state index >= 15 is 0 Å². The molecule has 114 valence electrons. The fraction of sp³-hybridized carbons (Fsp3) is 0.353. The molecule has 23 heavy (non-hydrogen) atoms. The number of halogens is 1. The van der Waals surface area contributed by atoms with E-state index in [0.29, 0.717) is 5.57 Å². The Balaban J connectivity index is 2.33. The standard InChI is InChI=1S/C17H13BrN4S/c18-14-6-5-13(23-14)15-11-4-2-1-3-10(11)12(7-19)16(22)17(15,8-20)9-21/h3,5-6,11,15H,1-2,4,22H2/t11-,15-/m0/s1. The first-order chi connectivity index (χ1) is 11.1. The molecule has 0 amide bonds. The van der Waals surface area contributed by atoms with Gasteiger partial charge in [0.25, 0.3) is 0 Å². The highest BCUT2D eigenvalue weighted by Gasteiger charge is 2.54. The Kier molecular flexibility index (Phi) is 4.02. The number of nitrogens with two attached hydrogens (primary N) is 1. The zero-order valence-electron chi connectivity index (χ0n) is 12.2. The fourth-order valence-electron chi connectivity index (χ4n) is 3.67. The van der Waals surface area contributed by atoms with Crippen molar-refractivity contribution < 1.29 is 0 Å². The third kappa shape index (κ3) is 2.20. The maximum absolute atomic E-state index is 9.83. The van der Waals surface area contributed by atoms with E-state index in [1.165, 1.54) is 11.3 Å². The van der Waals surface area contributed by atoms with Crippen molar-refractivity contribution in [3.05, 3.63) is 43.7 Å². The highest BCUT2D eigenvalue weighted by Crippen LogP contribution is 2.56. The average Bonchev–Trinajstić information content (AvgIpc) is 3.00. The van der Waals surface area contributed by atoms with E-state index in [9.17, 15) is 15.8 Å². The van der Waals surface area contributed by atoms with Crippen molar-refractivity contribution in [3.8, 4) is 18.2 Å². The first-order valence-corrected chi connectivity index (χ1v) is 8.88. The summed E-state index contributed by atoms with van der Waals surface area (Å²) in [5.41, 5.74) is 6.04. The number of thiophene rings is 1. The highest BCUT2D eigenvalue weighted by atomic mass is 79.9. The minimum atomic E-state index is -1.49. The monoisotopic (exact) mass is 384 g/mol. The van der Waals surface area contributed by atoms with Crippen molar-refractivity contribution in [1.29, 1.82) is 15.8 Å². The van der Waals surface area contributed by atoms with Gasteiger partial charge in [-0.15, -0.1) is 11.3 Å². The molecule has 6 heteroatoms. The molecule has 0 aliphatic heterocycles. The molecule has 0 saturated heterocycles. The Labute approximate surface area is 147 Å². The molecule has 0 fully saturated rings. The Hall–Kier alpha value is -2.07. The van der Waals surface area contributed by atoms with Gasteiger partial charge >= 0.3 is 0 Å². The van der Waals surface area contributed by atoms with Gasteiger partial charge in [0.05, 0.1) is 27.2 Å². The molecule has 2 atom stereocenters. The van der Waals surface area contributed by atoms with Crippen LogP contribution >= 0.6 is 27.3 Å². The van der Waals surface area contributed by atoms with Crippen LogP contribution in [0.5, 0.6) is 0 Å². The number of fused-ring (bicyclic) bond motifs is 1. The van der Waals surface area contributed by atoms with Gasteiger partial charge in [-0.05, 0) is 58.8 Å². The molecule has 0 bridgehead atoms. The van der Waals surface area contributed by atoms with Crippen LogP contribution in [-0.4, -0.2) is 0 Å². The summed E-state index contributed by atoms with van der Waals surface area (Å²) in [6, 6.07) is 10.3. The molecular weight excluding hydrogens is 372 g/mol. The van der Waals surface area contributed by atoms with Gasteiger partial charge in [-0.3, -0.25) is 0 Å². The van der Waals surface area contributed by atoms with Gasteiger partial charge in [0, 0.05) is 10.8 Å². The second kappa shape index (κ2) is 5.85. The van der Waals surface area contributed by atoms with Crippen molar-refractivity contribution in [2.75, 3.05) is 0 Å². The summed E-state index contributed by atoms with van der Waals surface area (Å²) in [4.78, 5) is 0.956. The van der Waals surface area contributed by atoms with E-state index in [2.05, 4.69) is 34.1 Å². The Morgan fingerprint density at radius 3 is 2.57 bits per heavy atom. The zero-order chi connectivity index (χ0) is 16.6. The smallest absolute Gasteiger partial charge is 0.192 e. The minimum Gasteiger partial charge on any atom is -0.399 e. The molecule has 0 spiro atoms. The number of hydrogen-bond donors (Lipinski definition) is 1. The lowest BCUT2D eigenvalue weighted by Gasteiger charge is -2.42. The zero-order valence-corrected chi connectivity index (χ0v) is 14.6. The van der Waals surface area contributed by atoms with E-state index in [1.807, 2.05) is 18.2 Å². The van der Waals surface area contributed by atoms with Gasteiger partial charge in [-0.1, -0.05) is 6.08 Å². The summed E-state index contributed by atoms with van der Waals surface area (Å²) in [6.07, 6.45) is 4.80. The normalized spacial score (nSPS) is 25.6. The van der Waals surface area contributed by atoms with Crippen molar-refractivity contribution in [1.82, 2.24) is 0 Å². The number of nitriles is 3. The summed E-state index contributed by atoms with van der Waals surface area (Å²) < 4.78 is 0.951. The first-order valence-electron chi connectivity index (χ1n) is 7.27. The summed E-state index contributed by atoms with van der Waals surface area (Å²) in [7, 11) is 0. The predicted molar refractivity (Wildman–Crippen MR) is 90.7 cm³/mol. The van der Waals surface area contributed by atoms with Crippen LogP contribution < -0.4 is 5.73 Å². The van der Waals surface area contributed by atoms with E-state index in [4.69, 9.17) is 5.73 Å². The molecule has 2 N–H and O–H groups in total. The van der Waals surface area contributed by atoms with Crippen LogP contribution in [0.1, 0.15) is 30.1 Å². The van der Waals surface area contributed by atoms with Gasteiger partial charge < -0.3 is 5.73 Å². The average molecular weight is 385 g/mol. The Morgan fingerprint density at radius 1 is 1.26 bits per heavy atom. The van der Waals surface area contributed by atoms with E-state index < -0.39 is 5.41 Å². The van der Waals surface area contributed by atoms with Crippen LogP contribution in [0.2, 0.25) is 0 Å². The lowest BCUT2D eigenvalue weighted by Crippen LogP contribution is -2.42. The van der Waals surface area contributed by atoms with Crippen molar-refractivity contribution in [2.24, 2.45) is 17.1 Å². The molecule has 3 rings (SSSR count). The van der Waals surface area contributed by atoms with Crippen LogP contribution in [0.4, 0.5) is 0 Å². The molecule has 0 unspecified atom stereocenters. The molecule has 0 aromatic carbocycles. The third-order valence-electron chi connectivity index (χ3n) is 4.70. The first kappa shape index (κ1) is 15.8. The number of hydrogen-bond acceptors (Lipinski definition) is 5. The molecule has 0 radical (unpaired) electrons. The number of nitrogens with zero attached hydrogens (tertiary/aromatic N) is 3. The summed E-state index contributed by atoms with van der Waals surface area (Å²) in [5.74, 6) is -0.354. The van der Waals surface area contributed by atoms with Crippen molar-refractivity contribution >= 4 is 27.3 Å². The van der Waals surface area contributed by atoms with Gasteiger partial charge in [0.2, 0.25) is 0 Å². The molecular formula is C17H13BrN4S. The minimum absolute atomic E-state index is 0.0180. The lowest BCUT2D eigenvalue weighted by atomic mass is 9.58. The van der Waals surface area contributed by atoms with E-state index in [-0.39, 0.29) is 17.5 Å². The second-order valence-corrected chi connectivity index (χ2v) is 8.24. The van der Waals surface area contributed by atoms with Gasteiger partial charge in [0.1, 0.15) is 6.07 Å². The fourth-order valence-corrected chi connectivity index (χ4v) is 5.33. The molecule has 2 aliphatic rings. The topological polar surface area (TPSA) is 97.4 Å². The molecule has 1 aromatic rings. The van der Waals surface area contributed by atoms with Crippen molar-refractivity contribution in [2.45, 2.75) is 25.2 Å². The summed E-state index contributed by atoms with van der Waals surface area (Å²) in [5, 5.41) is 29.2. The Morgan fingerprint density at radius 2 is 2.00 bits per heavy atom. The molecule has 1 aromatic heterocycles. The molecule has 1 heterocycles. The van der Waals surface area contributed by atoms with Gasteiger partial charge in [-0.2, -0.15) is 15.8 Å². The number of rotatable bonds is 1. The maximum Gasteiger partial charge on any atom is 0.192 e. The van der Waals surface area contributed by atoms with Crippen LogP contribution in [0.25, 0.3) is 0 Å². The molecule has 2 aliphatic carbocycles. The third-order valence-corrected chi connectivity index (χ3v) is 6.41. The van der Waals surface area contributed by atoms with Crippen LogP contribution in [0, 0.1) is 45.3 Å². The van der Waals surface area contributed by atoms with Crippen LogP contribution in [0.3, 0.4) is 0 Å². The lowest BCUT2D eigenvalue weighted by molar-refractivity contribution is 0.321. The van der Waals surface area contributed by atoms with Crippen molar-refractivity contribution in [3.63, 3.8) is 0 Å². The summed E-state index contributed by atoms with van der Waals surface area (Å²) in [6.45, 7) is 0. The van der Waals surface area contributed by atoms with E-state index in [1.54, 1.807) is 0 Å². The highest BCUT2D eigenvalue weighted by molar-refractivity contribution is 9.11. The largest absolute Gasteiger partial charge is 0.399 e. The summed E-state index contributed by atoms with van der Waals surface area (Å²) >= 11 is 4.97.